The van der Waals surface area contributed by atoms with E-state index in [-0.39, 0.29) is 6.61 Å². The van der Waals surface area contributed by atoms with Crippen LogP contribution in [0.15, 0.2) is 12.1 Å². The highest BCUT2D eigenvalue weighted by Crippen LogP contribution is 2.44. The zero-order chi connectivity index (χ0) is 18.9. The summed E-state index contributed by atoms with van der Waals surface area (Å²) in [6.07, 6.45) is 0. The summed E-state index contributed by atoms with van der Waals surface area (Å²) < 4.78 is 10.5. The highest BCUT2D eigenvalue weighted by atomic mass is 28.3. The molecule has 1 aromatic rings. The van der Waals surface area contributed by atoms with Crippen molar-refractivity contribution in [3.8, 4) is 5.75 Å². The molecule has 25 heavy (non-hydrogen) atoms. The highest BCUT2D eigenvalue weighted by Gasteiger charge is 2.43. The fourth-order valence-electron chi connectivity index (χ4n) is 4.60. The number of carbonyl (C=O) groups excluding carboxylic acids is 2. The van der Waals surface area contributed by atoms with Crippen LogP contribution in [-0.2, 0) is 22.2 Å². The van der Waals surface area contributed by atoms with Crippen molar-refractivity contribution >= 4 is 20.0 Å². The molecule has 0 aromatic heterocycles. The van der Waals surface area contributed by atoms with E-state index in [2.05, 4.69) is 47.6 Å². The Kier molecular flexibility index (Phi) is 5.77. The van der Waals surface area contributed by atoms with Crippen LogP contribution >= 0.6 is 0 Å². The number of rotatable bonds is 6. The minimum atomic E-state index is -1.65. The number of cyclic esters (lactones) is 1. The third-order valence-electron chi connectivity index (χ3n) is 5.80. The Labute approximate surface area is 151 Å². The fraction of sp³-hybridized carbons (Fsp3) is 0.600. The van der Waals surface area contributed by atoms with Crippen molar-refractivity contribution in [2.75, 3.05) is 0 Å². The van der Waals surface area contributed by atoms with Crippen molar-refractivity contribution in [2.24, 2.45) is 0 Å². The molecular weight excluding hydrogens is 332 g/mol. The van der Waals surface area contributed by atoms with Gasteiger partial charge in [0.2, 0.25) is 0 Å². The van der Waals surface area contributed by atoms with Gasteiger partial charge in [-0.25, -0.2) is 4.79 Å². The molecule has 1 heterocycles. The molecule has 0 fully saturated rings. The van der Waals surface area contributed by atoms with E-state index in [0.29, 0.717) is 27.9 Å². The molecule has 0 N–H and O–H groups in total. The maximum atomic E-state index is 12.0. The van der Waals surface area contributed by atoms with Crippen LogP contribution in [0.2, 0.25) is 16.6 Å². The Morgan fingerprint density at radius 3 is 2.16 bits per heavy atom. The topological polar surface area (TPSA) is 52.6 Å². The van der Waals surface area contributed by atoms with Crippen LogP contribution in [-0.4, -0.2) is 20.0 Å². The minimum absolute atomic E-state index is 0.260. The zero-order valence-electron chi connectivity index (χ0n) is 16.4. The summed E-state index contributed by atoms with van der Waals surface area (Å²) >= 11 is 0. The maximum Gasteiger partial charge on any atom is 0.342 e. The molecule has 0 aliphatic carbocycles. The van der Waals surface area contributed by atoms with Crippen LogP contribution in [0.4, 0.5) is 0 Å². The Bertz CT molecular complexity index is 655. The lowest BCUT2D eigenvalue weighted by molar-refractivity contribution is -0.131. The molecule has 0 radical (unpaired) electrons. The molecular formula is C20H30O4Si. The number of benzene rings is 1. The van der Waals surface area contributed by atoms with Gasteiger partial charge < -0.3 is 9.47 Å². The van der Waals surface area contributed by atoms with Gasteiger partial charge in [0.1, 0.15) is 17.9 Å². The molecule has 1 aliphatic rings. The molecule has 0 saturated carbocycles. The molecule has 0 atom stereocenters. The second kappa shape index (κ2) is 7.32. The van der Waals surface area contributed by atoms with E-state index in [1.165, 1.54) is 6.92 Å². The van der Waals surface area contributed by atoms with Gasteiger partial charge >= 0.3 is 11.9 Å². The maximum absolute atomic E-state index is 12.0. The first kappa shape index (κ1) is 19.7. The number of esters is 2. The number of fused-ring (bicyclic) bond motifs is 1. The third-order valence-corrected chi connectivity index (χ3v) is 13.3. The lowest BCUT2D eigenvalue weighted by Crippen LogP contribution is -2.47. The molecule has 1 aliphatic heterocycles. The van der Waals surface area contributed by atoms with Crippen molar-refractivity contribution in [2.45, 2.75) is 77.7 Å². The van der Waals surface area contributed by atoms with Gasteiger partial charge in [-0.2, -0.15) is 0 Å². The second-order valence-corrected chi connectivity index (χ2v) is 14.1. The van der Waals surface area contributed by atoms with Crippen LogP contribution in [0.25, 0.3) is 0 Å². The zero-order valence-corrected chi connectivity index (χ0v) is 17.4. The largest absolute Gasteiger partial charge is 0.457 e. The summed E-state index contributed by atoms with van der Waals surface area (Å²) in [5, 5.41) is 0. The van der Waals surface area contributed by atoms with Gasteiger partial charge in [0.05, 0.1) is 8.07 Å². The van der Waals surface area contributed by atoms with E-state index < -0.39 is 20.0 Å². The van der Waals surface area contributed by atoms with Gasteiger partial charge in [-0.05, 0) is 17.7 Å². The lowest BCUT2D eigenvalue weighted by Gasteiger charge is -2.43. The predicted octanol–water partition coefficient (Wildman–Crippen LogP) is 5.04. The number of ether oxygens (including phenoxy) is 2. The number of hydrogen-bond acceptors (Lipinski definition) is 4. The van der Waals surface area contributed by atoms with E-state index in [0.717, 1.165) is 17.2 Å². The van der Waals surface area contributed by atoms with E-state index in [1.54, 1.807) is 0 Å². The molecule has 2 rings (SSSR count). The third kappa shape index (κ3) is 3.66. The smallest absolute Gasteiger partial charge is 0.342 e. The Hall–Kier alpha value is -1.62. The van der Waals surface area contributed by atoms with Crippen LogP contribution in [0.3, 0.4) is 0 Å². The highest BCUT2D eigenvalue weighted by molar-refractivity contribution is 6.83. The van der Waals surface area contributed by atoms with Crippen molar-refractivity contribution in [3.63, 3.8) is 0 Å². The summed E-state index contributed by atoms with van der Waals surface area (Å²) in [6, 6.07) is 4.96. The molecule has 0 bridgehead atoms. The normalized spacial score (nSPS) is 14.2. The molecule has 0 unspecified atom stereocenters. The number of carbonyl (C=O) groups is 2. The van der Waals surface area contributed by atoms with Gasteiger partial charge in [0.15, 0.2) is 0 Å². The lowest BCUT2D eigenvalue weighted by atomic mass is 10.1. The van der Waals surface area contributed by atoms with Crippen molar-refractivity contribution < 1.29 is 19.1 Å². The van der Waals surface area contributed by atoms with Crippen LogP contribution in [0.5, 0.6) is 5.75 Å². The molecule has 5 heteroatoms. The fourth-order valence-corrected chi connectivity index (χ4v) is 10.7. The average Bonchev–Trinajstić information content (AvgIpc) is 2.84. The summed E-state index contributed by atoms with van der Waals surface area (Å²) in [6.45, 7) is 15.6. The Balaban J connectivity index is 2.52. The average molecular weight is 363 g/mol. The monoisotopic (exact) mass is 362 g/mol. The summed E-state index contributed by atoms with van der Waals surface area (Å²) in [7, 11) is -1.65. The minimum Gasteiger partial charge on any atom is -0.457 e. The predicted molar refractivity (Wildman–Crippen MR) is 102 cm³/mol. The molecule has 0 spiro atoms. The second-order valence-electron chi connectivity index (χ2n) is 8.05. The summed E-state index contributed by atoms with van der Waals surface area (Å²) in [4.78, 5) is 23.5. The van der Waals surface area contributed by atoms with Crippen molar-refractivity contribution in [1.29, 1.82) is 0 Å². The van der Waals surface area contributed by atoms with Crippen molar-refractivity contribution in [1.82, 2.24) is 0 Å². The van der Waals surface area contributed by atoms with Gasteiger partial charge in [-0.15, -0.1) is 0 Å². The SMILES string of the molecule is CC(=O)Oc1cc(C[Si](C(C)C)(C(C)C)C(C)C)cc2c1C(=O)OC2. The quantitative estimate of drug-likeness (QED) is 0.404. The first-order valence-electron chi connectivity index (χ1n) is 9.10. The Morgan fingerprint density at radius 1 is 1.12 bits per heavy atom. The van der Waals surface area contributed by atoms with Crippen LogP contribution in [0.1, 0.15) is 70.0 Å². The standard InChI is InChI=1S/C20H30O4Si/c1-12(2)25(13(3)4,14(5)6)11-16-8-17-10-23-20(22)19(17)18(9-16)24-15(7)21/h8-9,12-14H,10-11H2,1-7H3. The van der Waals surface area contributed by atoms with Gasteiger partial charge in [0, 0.05) is 12.5 Å². The van der Waals surface area contributed by atoms with Crippen LogP contribution < -0.4 is 4.74 Å². The molecule has 0 amide bonds. The van der Waals surface area contributed by atoms with E-state index in [1.807, 2.05) is 6.07 Å². The number of hydrogen-bond donors (Lipinski definition) is 0. The van der Waals surface area contributed by atoms with E-state index in [9.17, 15) is 9.59 Å². The van der Waals surface area contributed by atoms with Crippen molar-refractivity contribution in [3.05, 3.63) is 28.8 Å². The molecule has 138 valence electrons. The Morgan fingerprint density at radius 2 is 1.68 bits per heavy atom. The summed E-state index contributed by atoms with van der Waals surface area (Å²) in [5.41, 5.74) is 4.29. The molecule has 1 aromatic carbocycles. The first-order chi connectivity index (χ1) is 11.6. The van der Waals surface area contributed by atoms with Gasteiger partial charge in [-0.3, -0.25) is 4.79 Å². The van der Waals surface area contributed by atoms with E-state index >= 15 is 0 Å². The molecule has 0 saturated heterocycles. The van der Waals surface area contributed by atoms with Gasteiger partial charge in [-0.1, -0.05) is 64.2 Å². The van der Waals surface area contributed by atoms with Crippen LogP contribution in [0, 0.1) is 0 Å². The first-order valence-corrected chi connectivity index (χ1v) is 11.5. The van der Waals surface area contributed by atoms with Gasteiger partial charge in [0.25, 0.3) is 0 Å². The van der Waals surface area contributed by atoms with E-state index in [4.69, 9.17) is 9.47 Å². The summed E-state index contributed by atoms with van der Waals surface area (Å²) in [5.74, 6) is -0.473. The molecule has 4 nitrogen and oxygen atoms in total.